The fraction of sp³-hybridized carbons (Fsp3) is 0.455. The molecule has 1 unspecified atom stereocenters. The fourth-order valence-corrected chi connectivity index (χ4v) is 1.32. The van der Waals surface area contributed by atoms with Gasteiger partial charge in [0.15, 0.2) is 0 Å². The number of hydrogen-bond acceptors (Lipinski definition) is 2. The number of anilines is 1. The Morgan fingerprint density at radius 3 is 2.79 bits per heavy atom. The van der Waals surface area contributed by atoms with Gasteiger partial charge in [0.25, 0.3) is 0 Å². The highest BCUT2D eigenvalue weighted by Gasteiger charge is 2.04. The molecular weight excluding hydrogens is 198 g/mol. The Hall–Kier alpha value is -0.730. The summed E-state index contributed by atoms with van der Waals surface area (Å²) in [4.78, 5) is 0. The first-order valence-electron chi connectivity index (χ1n) is 4.83. The molecule has 0 saturated carbocycles. The number of nitrogens with one attached hydrogen (secondary N) is 1. The Balaban J connectivity index is 2.83. The third-order valence-corrected chi connectivity index (χ3v) is 2.56. The quantitative estimate of drug-likeness (QED) is 0.806. The molecule has 1 atom stereocenters. The first kappa shape index (κ1) is 11.3. The van der Waals surface area contributed by atoms with Crippen LogP contribution in [-0.2, 0) is 6.61 Å². The van der Waals surface area contributed by atoms with Crippen LogP contribution in [0.25, 0.3) is 0 Å². The number of aliphatic hydroxyl groups excluding tert-OH is 1. The Bertz CT molecular complexity index is 301. The molecule has 0 spiro atoms. The van der Waals surface area contributed by atoms with E-state index in [-0.39, 0.29) is 6.61 Å². The van der Waals surface area contributed by atoms with E-state index in [4.69, 9.17) is 16.7 Å². The number of aliphatic hydroxyl groups is 1. The molecule has 2 N–H and O–H groups in total. The first-order valence-corrected chi connectivity index (χ1v) is 5.21. The third-order valence-electron chi connectivity index (χ3n) is 2.23. The van der Waals surface area contributed by atoms with Gasteiger partial charge in [-0.2, -0.15) is 0 Å². The summed E-state index contributed by atoms with van der Waals surface area (Å²) in [6.07, 6.45) is 1.04. The Morgan fingerprint density at radius 1 is 1.50 bits per heavy atom. The van der Waals surface area contributed by atoms with Crippen molar-refractivity contribution in [3.63, 3.8) is 0 Å². The van der Waals surface area contributed by atoms with Crippen molar-refractivity contribution < 1.29 is 5.11 Å². The van der Waals surface area contributed by atoms with Crippen molar-refractivity contribution in [2.45, 2.75) is 32.9 Å². The fourth-order valence-electron chi connectivity index (χ4n) is 1.15. The summed E-state index contributed by atoms with van der Waals surface area (Å²) in [5.74, 6) is 0. The van der Waals surface area contributed by atoms with E-state index in [0.29, 0.717) is 11.1 Å². The van der Waals surface area contributed by atoms with Crippen molar-refractivity contribution in [1.82, 2.24) is 0 Å². The maximum absolute atomic E-state index is 8.97. The van der Waals surface area contributed by atoms with E-state index in [1.54, 1.807) is 6.07 Å². The molecule has 2 nitrogen and oxygen atoms in total. The van der Waals surface area contributed by atoms with Gasteiger partial charge in [0.1, 0.15) is 0 Å². The monoisotopic (exact) mass is 213 g/mol. The van der Waals surface area contributed by atoms with E-state index in [1.807, 2.05) is 12.1 Å². The standard InChI is InChI=1S/C11H16ClNO/c1-3-8(2)13-11-6-9(7-14)4-5-10(11)12/h4-6,8,13-14H,3,7H2,1-2H3. The number of benzene rings is 1. The van der Waals surface area contributed by atoms with E-state index < -0.39 is 0 Å². The predicted molar refractivity (Wildman–Crippen MR) is 60.8 cm³/mol. The van der Waals surface area contributed by atoms with Crippen LogP contribution in [0.2, 0.25) is 5.02 Å². The van der Waals surface area contributed by atoms with Gasteiger partial charge in [0.2, 0.25) is 0 Å². The van der Waals surface area contributed by atoms with Crippen molar-refractivity contribution in [3.05, 3.63) is 28.8 Å². The summed E-state index contributed by atoms with van der Waals surface area (Å²) in [7, 11) is 0. The van der Waals surface area contributed by atoms with E-state index in [2.05, 4.69) is 19.2 Å². The molecule has 14 heavy (non-hydrogen) atoms. The average molecular weight is 214 g/mol. The first-order chi connectivity index (χ1) is 6.67. The second-order valence-electron chi connectivity index (χ2n) is 3.43. The minimum atomic E-state index is 0.0480. The lowest BCUT2D eigenvalue weighted by molar-refractivity contribution is 0.282. The number of halogens is 1. The topological polar surface area (TPSA) is 32.3 Å². The summed E-state index contributed by atoms with van der Waals surface area (Å²) in [6.45, 7) is 4.26. The van der Waals surface area contributed by atoms with Crippen LogP contribution < -0.4 is 5.32 Å². The van der Waals surface area contributed by atoms with E-state index >= 15 is 0 Å². The molecular formula is C11H16ClNO. The summed E-state index contributed by atoms with van der Waals surface area (Å²) >= 11 is 6.01. The molecule has 1 aromatic rings. The number of rotatable bonds is 4. The lowest BCUT2D eigenvalue weighted by Crippen LogP contribution is -2.13. The molecule has 0 aliphatic carbocycles. The molecule has 0 aromatic heterocycles. The van der Waals surface area contributed by atoms with Gasteiger partial charge in [-0.1, -0.05) is 24.6 Å². The van der Waals surface area contributed by atoms with Crippen molar-refractivity contribution >= 4 is 17.3 Å². The summed E-state index contributed by atoms with van der Waals surface area (Å²) < 4.78 is 0. The van der Waals surface area contributed by atoms with Gasteiger partial charge in [0, 0.05) is 6.04 Å². The molecule has 1 rings (SSSR count). The van der Waals surface area contributed by atoms with Crippen LogP contribution in [0.4, 0.5) is 5.69 Å². The van der Waals surface area contributed by atoms with E-state index in [9.17, 15) is 0 Å². The zero-order valence-corrected chi connectivity index (χ0v) is 9.30. The molecule has 0 radical (unpaired) electrons. The zero-order chi connectivity index (χ0) is 10.6. The van der Waals surface area contributed by atoms with Gasteiger partial charge < -0.3 is 10.4 Å². The van der Waals surface area contributed by atoms with E-state index in [0.717, 1.165) is 17.7 Å². The third kappa shape index (κ3) is 2.89. The maximum atomic E-state index is 8.97. The molecule has 0 fully saturated rings. The summed E-state index contributed by atoms with van der Waals surface area (Å²) in [5.41, 5.74) is 1.77. The van der Waals surface area contributed by atoms with Gasteiger partial charge in [0.05, 0.1) is 17.3 Å². The van der Waals surface area contributed by atoms with Crippen LogP contribution >= 0.6 is 11.6 Å². The molecule has 0 aliphatic heterocycles. The Kier molecular flexibility index (Phi) is 4.23. The van der Waals surface area contributed by atoms with Gasteiger partial charge in [-0.05, 0) is 31.0 Å². The molecule has 1 aromatic carbocycles. The highest BCUT2D eigenvalue weighted by molar-refractivity contribution is 6.33. The minimum Gasteiger partial charge on any atom is -0.392 e. The van der Waals surface area contributed by atoms with Crippen LogP contribution in [0, 0.1) is 0 Å². The van der Waals surface area contributed by atoms with Gasteiger partial charge in [-0.25, -0.2) is 0 Å². The van der Waals surface area contributed by atoms with Gasteiger partial charge >= 0.3 is 0 Å². The van der Waals surface area contributed by atoms with Gasteiger partial charge in [-0.3, -0.25) is 0 Å². The molecule has 78 valence electrons. The maximum Gasteiger partial charge on any atom is 0.0682 e. The minimum absolute atomic E-state index is 0.0480. The summed E-state index contributed by atoms with van der Waals surface area (Å²) in [6, 6.07) is 5.90. The van der Waals surface area contributed by atoms with Crippen molar-refractivity contribution in [2.24, 2.45) is 0 Å². The highest BCUT2D eigenvalue weighted by atomic mass is 35.5. The lowest BCUT2D eigenvalue weighted by atomic mass is 10.2. The van der Waals surface area contributed by atoms with Crippen LogP contribution in [0.15, 0.2) is 18.2 Å². The zero-order valence-electron chi connectivity index (χ0n) is 8.55. The van der Waals surface area contributed by atoms with E-state index in [1.165, 1.54) is 0 Å². The second-order valence-corrected chi connectivity index (χ2v) is 3.83. The lowest BCUT2D eigenvalue weighted by Gasteiger charge is -2.15. The predicted octanol–water partition coefficient (Wildman–Crippen LogP) is 3.04. The number of hydrogen-bond donors (Lipinski definition) is 2. The summed E-state index contributed by atoms with van der Waals surface area (Å²) in [5, 5.41) is 13.0. The highest BCUT2D eigenvalue weighted by Crippen LogP contribution is 2.24. The normalized spacial score (nSPS) is 12.6. The SMILES string of the molecule is CCC(C)Nc1cc(CO)ccc1Cl. The average Bonchev–Trinajstić information content (AvgIpc) is 2.21. The van der Waals surface area contributed by atoms with Gasteiger partial charge in [-0.15, -0.1) is 0 Å². The molecule has 3 heteroatoms. The second kappa shape index (κ2) is 5.23. The Morgan fingerprint density at radius 2 is 2.21 bits per heavy atom. The van der Waals surface area contributed by atoms with Crippen LogP contribution in [0.3, 0.4) is 0 Å². The molecule has 0 saturated heterocycles. The molecule has 0 aliphatic rings. The van der Waals surface area contributed by atoms with Crippen molar-refractivity contribution in [1.29, 1.82) is 0 Å². The Labute approximate surface area is 89.9 Å². The van der Waals surface area contributed by atoms with Crippen LogP contribution in [0.5, 0.6) is 0 Å². The smallest absolute Gasteiger partial charge is 0.0682 e. The molecule has 0 bridgehead atoms. The van der Waals surface area contributed by atoms with Crippen LogP contribution in [0.1, 0.15) is 25.8 Å². The van der Waals surface area contributed by atoms with Crippen LogP contribution in [-0.4, -0.2) is 11.1 Å². The molecule has 0 amide bonds. The van der Waals surface area contributed by atoms with Crippen molar-refractivity contribution in [3.8, 4) is 0 Å². The van der Waals surface area contributed by atoms with Crippen molar-refractivity contribution in [2.75, 3.05) is 5.32 Å². The molecule has 0 heterocycles. The largest absolute Gasteiger partial charge is 0.392 e.